The van der Waals surface area contributed by atoms with Gasteiger partial charge in [-0.1, -0.05) is 24.3 Å². The van der Waals surface area contributed by atoms with E-state index >= 15 is 0 Å². The number of nitrogens with one attached hydrogen (secondary N) is 2. The Bertz CT molecular complexity index is 885. The van der Waals surface area contributed by atoms with E-state index in [0.717, 1.165) is 45.3 Å². The molecule has 0 aromatic heterocycles. The Morgan fingerprint density at radius 2 is 1.88 bits per heavy atom. The molecule has 0 aliphatic carbocycles. The number of carbonyl (C=O) groups excluding carboxylic acids is 2. The largest absolute Gasteiger partial charge is 0.493 e. The number of ether oxygens (including phenoxy) is 2. The van der Waals surface area contributed by atoms with Crippen molar-refractivity contribution >= 4 is 11.8 Å². The van der Waals surface area contributed by atoms with Crippen LogP contribution in [0.4, 0.5) is 0 Å². The summed E-state index contributed by atoms with van der Waals surface area (Å²) in [6.45, 7) is 4.74. The summed E-state index contributed by atoms with van der Waals surface area (Å²) in [4.78, 5) is 31.2. The monoisotopic (exact) mass is 454 g/mol. The molecule has 0 unspecified atom stereocenters. The number of piperidine rings is 1. The molecule has 178 valence electrons. The number of hydrogen-bond donors (Lipinski definition) is 2. The molecule has 4 aliphatic heterocycles. The first-order valence-electron chi connectivity index (χ1n) is 12.3. The van der Waals surface area contributed by atoms with E-state index in [-0.39, 0.29) is 24.0 Å². The van der Waals surface area contributed by atoms with E-state index in [1.807, 2.05) is 24.3 Å². The first kappa shape index (κ1) is 22.4. The first-order chi connectivity index (χ1) is 16.2. The number of benzene rings is 1. The summed E-state index contributed by atoms with van der Waals surface area (Å²) in [6.07, 6.45) is 7.73. The molecule has 4 aliphatic rings. The molecule has 33 heavy (non-hydrogen) atoms. The topological polar surface area (TPSA) is 83.1 Å². The SMILES string of the molecule is O=C1NC[C@@H]2C=CC[C@@H](CCOc3ccccc3C(=O)N3CCN(C4CCNCC4)C[C@@H]13)O2. The van der Waals surface area contributed by atoms with Crippen LogP contribution in [0.5, 0.6) is 5.75 Å². The minimum atomic E-state index is -0.541. The minimum Gasteiger partial charge on any atom is -0.493 e. The average Bonchev–Trinajstić information content (AvgIpc) is 2.87. The molecule has 8 heteroatoms. The number of carbonyl (C=O) groups is 2. The summed E-state index contributed by atoms with van der Waals surface area (Å²) in [5.41, 5.74) is 0.519. The third-order valence-corrected chi connectivity index (χ3v) is 7.21. The highest BCUT2D eigenvalue weighted by Gasteiger charge is 2.39. The zero-order valence-corrected chi connectivity index (χ0v) is 19.1. The molecular formula is C25H34N4O4. The van der Waals surface area contributed by atoms with Gasteiger partial charge in [-0.15, -0.1) is 0 Å². The number of hydrogen-bond acceptors (Lipinski definition) is 6. The van der Waals surface area contributed by atoms with Crippen molar-refractivity contribution in [3.63, 3.8) is 0 Å². The summed E-state index contributed by atoms with van der Waals surface area (Å²) in [6, 6.07) is 7.27. The Morgan fingerprint density at radius 1 is 1.03 bits per heavy atom. The van der Waals surface area contributed by atoms with Crippen LogP contribution in [-0.4, -0.2) is 91.8 Å². The predicted octanol–water partition coefficient (Wildman–Crippen LogP) is 1.18. The van der Waals surface area contributed by atoms with Gasteiger partial charge in [-0.2, -0.15) is 0 Å². The van der Waals surface area contributed by atoms with Gasteiger partial charge in [-0.3, -0.25) is 14.5 Å². The molecule has 3 atom stereocenters. The van der Waals surface area contributed by atoms with E-state index in [1.54, 1.807) is 11.0 Å². The van der Waals surface area contributed by atoms with E-state index in [9.17, 15) is 9.59 Å². The van der Waals surface area contributed by atoms with Crippen LogP contribution in [-0.2, 0) is 9.53 Å². The van der Waals surface area contributed by atoms with Crippen molar-refractivity contribution in [2.45, 2.75) is 50.0 Å². The summed E-state index contributed by atoms with van der Waals surface area (Å²) < 4.78 is 12.2. The molecule has 4 heterocycles. The van der Waals surface area contributed by atoms with E-state index in [0.29, 0.717) is 43.6 Å². The van der Waals surface area contributed by atoms with E-state index in [2.05, 4.69) is 21.6 Å². The van der Waals surface area contributed by atoms with Crippen LogP contribution in [0.2, 0.25) is 0 Å². The molecule has 5 rings (SSSR count). The van der Waals surface area contributed by atoms with Gasteiger partial charge in [-0.05, 0) is 44.5 Å². The number of amides is 2. The smallest absolute Gasteiger partial charge is 0.258 e. The predicted molar refractivity (Wildman–Crippen MR) is 124 cm³/mol. The van der Waals surface area contributed by atoms with Crippen LogP contribution in [0.1, 0.15) is 36.0 Å². The lowest BCUT2D eigenvalue weighted by atomic mass is 10.0. The fourth-order valence-corrected chi connectivity index (χ4v) is 5.35. The molecule has 0 saturated carbocycles. The molecule has 0 spiro atoms. The third kappa shape index (κ3) is 5.08. The number of fused-ring (bicyclic) bond motifs is 4. The van der Waals surface area contributed by atoms with Crippen LogP contribution in [0.3, 0.4) is 0 Å². The molecule has 2 saturated heterocycles. The lowest BCUT2D eigenvalue weighted by molar-refractivity contribution is -0.129. The van der Waals surface area contributed by atoms with Crippen molar-refractivity contribution in [2.75, 3.05) is 45.9 Å². The third-order valence-electron chi connectivity index (χ3n) is 7.21. The highest BCUT2D eigenvalue weighted by atomic mass is 16.5. The van der Waals surface area contributed by atoms with Crippen molar-refractivity contribution in [1.82, 2.24) is 20.4 Å². The molecule has 2 N–H and O–H groups in total. The van der Waals surface area contributed by atoms with Crippen molar-refractivity contribution in [2.24, 2.45) is 0 Å². The minimum absolute atomic E-state index is 0.0456. The van der Waals surface area contributed by atoms with Crippen LogP contribution >= 0.6 is 0 Å². The Hall–Kier alpha value is -2.42. The van der Waals surface area contributed by atoms with Crippen LogP contribution in [0.25, 0.3) is 0 Å². The van der Waals surface area contributed by atoms with Crippen molar-refractivity contribution < 1.29 is 19.1 Å². The van der Waals surface area contributed by atoms with Gasteiger partial charge in [0.1, 0.15) is 11.8 Å². The van der Waals surface area contributed by atoms with Crippen molar-refractivity contribution in [3.8, 4) is 5.75 Å². The van der Waals surface area contributed by atoms with Gasteiger partial charge >= 0.3 is 0 Å². The Morgan fingerprint density at radius 3 is 2.76 bits per heavy atom. The van der Waals surface area contributed by atoms with E-state index < -0.39 is 6.04 Å². The highest BCUT2D eigenvalue weighted by Crippen LogP contribution is 2.26. The fourth-order valence-electron chi connectivity index (χ4n) is 5.35. The molecule has 8 nitrogen and oxygen atoms in total. The fraction of sp³-hybridized carbons (Fsp3) is 0.600. The molecular weight excluding hydrogens is 420 g/mol. The van der Waals surface area contributed by atoms with Gasteiger partial charge in [0.05, 0.1) is 24.4 Å². The maximum atomic E-state index is 13.7. The number of rotatable bonds is 1. The van der Waals surface area contributed by atoms with Gasteiger partial charge in [0, 0.05) is 38.6 Å². The highest BCUT2D eigenvalue weighted by molar-refractivity contribution is 6.00. The van der Waals surface area contributed by atoms with Gasteiger partial charge in [-0.25, -0.2) is 0 Å². The maximum absolute atomic E-state index is 13.7. The first-order valence-corrected chi connectivity index (χ1v) is 12.3. The maximum Gasteiger partial charge on any atom is 0.258 e. The molecule has 1 aromatic carbocycles. The molecule has 2 fully saturated rings. The Balaban J connectivity index is 1.42. The average molecular weight is 455 g/mol. The summed E-state index contributed by atoms with van der Waals surface area (Å²) in [7, 11) is 0. The Labute approximate surface area is 195 Å². The second-order valence-electron chi connectivity index (χ2n) is 9.33. The summed E-state index contributed by atoms with van der Waals surface area (Å²) in [5.74, 6) is 0.322. The van der Waals surface area contributed by atoms with Crippen LogP contribution < -0.4 is 15.4 Å². The quantitative estimate of drug-likeness (QED) is 0.620. The van der Waals surface area contributed by atoms with Crippen LogP contribution in [0, 0.1) is 0 Å². The molecule has 0 radical (unpaired) electrons. The zero-order chi connectivity index (χ0) is 22.6. The Kier molecular flexibility index (Phi) is 6.94. The standard InChI is InChI=1S/C25H34N4O4/c30-24-22-17-28(18-8-11-26-12-9-18)13-14-29(22)25(31)21-6-1-2-7-23(21)32-15-10-19-4-3-5-20(33-19)16-27-24/h1-3,5-7,18-20,22,26H,4,8-17H2,(H,27,30)/t19-,20-,22-/m0/s1. The second kappa shape index (κ2) is 10.2. The number of nitrogens with zero attached hydrogens (tertiary/aromatic N) is 2. The summed E-state index contributed by atoms with van der Waals surface area (Å²) >= 11 is 0. The van der Waals surface area contributed by atoms with Gasteiger partial charge in [0.15, 0.2) is 0 Å². The number of para-hydroxylation sites is 1. The lowest BCUT2D eigenvalue weighted by Gasteiger charge is -2.45. The normalized spacial score (nSPS) is 29.9. The van der Waals surface area contributed by atoms with Gasteiger partial charge < -0.3 is 25.0 Å². The van der Waals surface area contributed by atoms with Crippen molar-refractivity contribution in [3.05, 3.63) is 42.0 Å². The van der Waals surface area contributed by atoms with Gasteiger partial charge in [0.2, 0.25) is 5.91 Å². The van der Waals surface area contributed by atoms with Crippen molar-refractivity contribution in [1.29, 1.82) is 0 Å². The second-order valence-corrected chi connectivity index (χ2v) is 9.33. The molecule has 1 aromatic rings. The zero-order valence-electron chi connectivity index (χ0n) is 19.1. The van der Waals surface area contributed by atoms with Crippen LogP contribution in [0.15, 0.2) is 36.4 Å². The lowest BCUT2D eigenvalue weighted by Crippen LogP contribution is -2.63. The summed E-state index contributed by atoms with van der Waals surface area (Å²) in [5, 5.41) is 6.49. The van der Waals surface area contributed by atoms with E-state index in [1.165, 1.54) is 0 Å². The molecule has 2 bridgehead atoms. The molecule has 2 amide bonds. The van der Waals surface area contributed by atoms with Gasteiger partial charge in [0.25, 0.3) is 5.91 Å². The number of piperazine rings is 1. The van der Waals surface area contributed by atoms with E-state index in [4.69, 9.17) is 9.47 Å².